The first-order chi connectivity index (χ1) is 14.2. The molecule has 5 rings (SSSR count). The number of nitrogens with one attached hydrogen (secondary N) is 1. The lowest BCUT2D eigenvalue weighted by atomic mass is 10.1. The quantitative estimate of drug-likeness (QED) is 0.567. The second kappa shape index (κ2) is 7.06. The zero-order chi connectivity index (χ0) is 19.8. The standard InChI is InChI=1S/C21H15N3O4S/c25-19(17-10-27-15-8-4-5-9-16(15)28-17)23-24-12-22-20-18(21(24)26)14(11-29-20)13-6-2-1-3-7-13/h1-9,11-12,17H,10H2,(H,23,25). The van der Waals surface area contributed by atoms with Gasteiger partial charge < -0.3 is 9.47 Å². The SMILES string of the molecule is O=C(Nn1cnc2scc(-c3ccccc3)c2c1=O)C1COc2ccccc2O1. The number of nitrogens with zero attached hydrogens (tertiary/aromatic N) is 2. The largest absolute Gasteiger partial charge is 0.485 e. The van der Waals surface area contributed by atoms with Crippen LogP contribution < -0.4 is 20.5 Å². The number of rotatable bonds is 3. The molecule has 1 unspecified atom stereocenters. The molecule has 7 nitrogen and oxygen atoms in total. The number of aromatic nitrogens is 2. The van der Waals surface area contributed by atoms with Crippen molar-refractivity contribution in [1.29, 1.82) is 0 Å². The highest BCUT2D eigenvalue weighted by Crippen LogP contribution is 2.31. The summed E-state index contributed by atoms with van der Waals surface area (Å²) in [5, 5.41) is 2.37. The smallest absolute Gasteiger partial charge is 0.283 e. The minimum atomic E-state index is -0.872. The van der Waals surface area contributed by atoms with E-state index in [9.17, 15) is 9.59 Å². The van der Waals surface area contributed by atoms with Crippen LogP contribution in [0.2, 0.25) is 0 Å². The van der Waals surface area contributed by atoms with E-state index in [2.05, 4.69) is 10.4 Å². The van der Waals surface area contributed by atoms with Gasteiger partial charge in [0.1, 0.15) is 17.8 Å². The Balaban J connectivity index is 1.45. The third-order valence-electron chi connectivity index (χ3n) is 4.61. The van der Waals surface area contributed by atoms with Crippen molar-refractivity contribution in [3.05, 3.63) is 76.7 Å². The zero-order valence-electron chi connectivity index (χ0n) is 15.1. The molecule has 2 aromatic heterocycles. The van der Waals surface area contributed by atoms with E-state index >= 15 is 0 Å². The lowest BCUT2D eigenvalue weighted by Gasteiger charge is -2.25. The first kappa shape index (κ1) is 17.4. The molecule has 29 heavy (non-hydrogen) atoms. The lowest BCUT2D eigenvalue weighted by Crippen LogP contribution is -2.45. The number of fused-ring (bicyclic) bond motifs is 2. The van der Waals surface area contributed by atoms with Gasteiger partial charge in [0.05, 0.1) is 5.39 Å². The van der Waals surface area contributed by atoms with Crippen molar-refractivity contribution in [2.24, 2.45) is 0 Å². The molecule has 8 heteroatoms. The molecular formula is C21H15N3O4S. The number of amides is 1. The van der Waals surface area contributed by atoms with Crippen LogP contribution in [-0.2, 0) is 4.79 Å². The van der Waals surface area contributed by atoms with E-state index < -0.39 is 12.0 Å². The Labute approximate surface area is 169 Å². The lowest BCUT2D eigenvalue weighted by molar-refractivity contribution is -0.126. The second-order valence-electron chi connectivity index (χ2n) is 6.46. The number of benzene rings is 2. The third-order valence-corrected chi connectivity index (χ3v) is 5.50. The monoisotopic (exact) mass is 405 g/mol. The maximum Gasteiger partial charge on any atom is 0.283 e. The Morgan fingerprint density at radius 3 is 2.69 bits per heavy atom. The highest BCUT2D eigenvalue weighted by Gasteiger charge is 2.28. The number of para-hydroxylation sites is 2. The van der Waals surface area contributed by atoms with Gasteiger partial charge in [0.25, 0.3) is 11.5 Å². The maximum absolute atomic E-state index is 13.0. The molecule has 3 heterocycles. The van der Waals surface area contributed by atoms with E-state index in [0.717, 1.165) is 15.8 Å². The molecule has 0 radical (unpaired) electrons. The Morgan fingerprint density at radius 1 is 1.10 bits per heavy atom. The molecule has 1 amide bonds. The highest BCUT2D eigenvalue weighted by atomic mass is 32.1. The average Bonchev–Trinajstić information content (AvgIpc) is 3.21. The summed E-state index contributed by atoms with van der Waals surface area (Å²) in [7, 11) is 0. The van der Waals surface area contributed by atoms with Gasteiger partial charge >= 0.3 is 0 Å². The zero-order valence-corrected chi connectivity index (χ0v) is 15.9. The van der Waals surface area contributed by atoms with Crippen molar-refractivity contribution in [1.82, 2.24) is 9.66 Å². The maximum atomic E-state index is 13.0. The number of hydrogen-bond donors (Lipinski definition) is 1. The van der Waals surface area contributed by atoms with Gasteiger partial charge in [-0.2, -0.15) is 0 Å². The van der Waals surface area contributed by atoms with Crippen LogP contribution in [0.15, 0.2) is 71.1 Å². The first-order valence-electron chi connectivity index (χ1n) is 8.94. The van der Waals surface area contributed by atoms with Crippen molar-refractivity contribution in [3.63, 3.8) is 0 Å². The molecule has 2 aromatic carbocycles. The topological polar surface area (TPSA) is 82.5 Å². The fourth-order valence-electron chi connectivity index (χ4n) is 3.18. The van der Waals surface area contributed by atoms with Gasteiger partial charge in [-0.05, 0) is 17.7 Å². The molecule has 1 aliphatic heterocycles. The van der Waals surface area contributed by atoms with Gasteiger partial charge in [-0.15, -0.1) is 11.3 Å². The van der Waals surface area contributed by atoms with Gasteiger partial charge in [-0.1, -0.05) is 42.5 Å². The Hall–Kier alpha value is -3.65. The van der Waals surface area contributed by atoms with Crippen LogP contribution in [0.4, 0.5) is 0 Å². The fourth-order valence-corrected chi connectivity index (χ4v) is 4.09. The molecule has 1 atom stereocenters. The van der Waals surface area contributed by atoms with Crippen LogP contribution in [0.3, 0.4) is 0 Å². The molecule has 0 fully saturated rings. The Bertz CT molecular complexity index is 1270. The molecule has 0 saturated carbocycles. The molecule has 144 valence electrons. The third kappa shape index (κ3) is 3.13. The molecule has 0 spiro atoms. The predicted molar refractivity (Wildman–Crippen MR) is 110 cm³/mol. The highest BCUT2D eigenvalue weighted by molar-refractivity contribution is 7.17. The van der Waals surface area contributed by atoms with E-state index in [-0.39, 0.29) is 12.2 Å². The summed E-state index contributed by atoms with van der Waals surface area (Å²) in [5.41, 5.74) is 3.94. The number of thiophene rings is 1. The summed E-state index contributed by atoms with van der Waals surface area (Å²) in [6.07, 6.45) is 0.439. The fraction of sp³-hybridized carbons (Fsp3) is 0.0952. The van der Waals surface area contributed by atoms with E-state index in [1.54, 1.807) is 18.2 Å². The van der Waals surface area contributed by atoms with E-state index in [4.69, 9.17) is 9.47 Å². The predicted octanol–water partition coefficient (Wildman–Crippen LogP) is 3.04. The molecule has 0 aliphatic carbocycles. The minimum absolute atomic E-state index is 0.0565. The molecule has 0 saturated heterocycles. The minimum Gasteiger partial charge on any atom is -0.485 e. The number of ether oxygens (including phenoxy) is 2. The summed E-state index contributed by atoms with van der Waals surface area (Å²) >= 11 is 1.39. The summed E-state index contributed by atoms with van der Waals surface area (Å²) in [6.45, 7) is 0.0565. The van der Waals surface area contributed by atoms with E-state index in [1.807, 2.05) is 41.8 Å². The summed E-state index contributed by atoms with van der Waals surface area (Å²) in [4.78, 5) is 30.6. The molecule has 1 aliphatic rings. The van der Waals surface area contributed by atoms with E-state index in [1.165, 1.54) is 17.7 Å². The van der Waals surface area contributed by atoms with Gasteiger partial charge in [-0.25, -0.2) is 9.66 Å². The van der Waals surface area contributed by atoms with Crippen LogP contribution >= 0.6 is 11.3 Å². The average molecular weight is 405 g/mol. The molecule has 0 bridgehead atoms. The van der Waals surface area contributed by atoms with Crippen LogP contribution in [0.5, 0.6) is 11.5 Å². The number of carbonyl (C=O) groups is 1. The van der Waals surface area contributed by atoms with Gasteiger partial charge in [0.15, 0.2) is 11.5 Å². The Kier molecular flexibility index (Phi) is 4.25. The van der Waals surface area contributed by atoms with Crippen molar-refractivity contribution in [2.75, 3.05) is 12.0 Å². The van der Waals surface area contributed by atoms with Crippen LogP contribution in [0.1, 0.15) is 0 Å². The molecular weight excluding hydrogens is 390 g/mol. The van der Waals surface area contributed by atoms with Gasteiger partial charge in [0, 0.05) is 10.9 Å². The van der Waals surface area contributed by atoms with Gasteiger partial charge in [0.2, 0.25) is 6.10 Å². The van der Waals surface area contributed by atoms with Gasteiger partial charge in [-0.3, -0.25) is 15.0 Å². The molecule has 1 N–H and O–H groups in total. The Morgan fingerprint density at radius 2 is 1.86 bits per heavy atom. The second-order valence-corrected chi connectivity index (χ2v) is 7.31. The van der Waals surface area contributed by atoms with Crippen molar-refractivity contribution >= 4 is 27.5 Å². The van der Waals surface area contributed by atoms with E-state index in [0.29, 0.717) is 21.7 Å². The van der Waals surface area contributed by atoms with Crippen LogP contribution in [0, 0.1) is 0 Å². The summed E-state index contributed by atoms with van der Waals surface area (Å²) in [6, 6.07) is 16.7. The normalized spacial score (nSPS) is 15.2. The molecule has 4 aromatic rings. The number of hydrogen-bond acceptors (Lipinski definition) is 6. The van der Waals surface area contributed by atoms with Crippen molar-refractivity contribution < 1.29 is 14.3 Å². The number of carbonyl (C=O) groups excluding carboxylic acids is 1. The van der Waals surface area contributed by atoms with Crippen LogP contribution in [-0.4, -0.2) is 28.3 Å². The summed E-state index contributed by atoms with van der Waals surface area (Å²) < 4.78 is 12.4. The van der Waals surface area contributed by atoms with Crippen molar-refractivity contribution in [2.45, 2.75) is 6.10 Å². The summed E-state index contributed by atoms with van der Waals surface area (Å²) in [5.74, 6) is 0.589. The first-order valence-corrected chi connectivity index (χ1v) is 9.82. The van der Waals surface area contributed by atoms with Crippen molar-refractivity contribution in [3.8, 4) is 22.6 Å². The van der Waals surface area contributed by atoms with Crippen LogP contribution in [0.25, 0.3) is 21.3 Å².